The average Bonchev–Trinajstić information content (AvgIpc) is 2.71. The van der Waals surface area contributed by atoms with E-state index in [4.69, 9.17) is 5.84 Å². The molecule has 1 aromatic rings. The molecule has 1 atom stereocenters. The predicted molar refractivity (Wildman–Crippen MR) is 72.5 cm³/mol. The van der Waals surface area contributed by atoms with Crippen molar-refractivity contribution in [3.05, 3.63) is 16.4 Å². The summed E-state index contributed by atoms with van der Waals surface area (Å²) in [5.74, 6) is 4.53. The van der Waals surface area contributed by atoms with Gasteiger partial charge < -0.3 is 0 Å². The van der Waals surface area contributed by atoms with Crippen molar-refractivity contribution in [2.75, 3.05) is 0 Å². The molecule has 0 aliphatic heterocycles. The summed E-state index contributed by atoms with van der Waals surface area (Å²) in [7, 11) is 1.80. The summed E-state index contributed by atoms with van der Waals surface area (Å²) in [5.41, 5.74) is 3.62. The van der Waals surface area contributed by atoms with Crippen molar-refractivity contribution in [1.29, 1.82) is 0 Å². The lowest BCUT2D eigenvalue weighted by molar-refractivity contribution is -0.184. The Bertz CT molecular complexity index is 433. The summed E-state index contributed by atoms with van der Waals surface area (Å²) >= 11 is 3.41. The Morgan fingerprint density at radius 3 is 2.40 bits per heavy atom. The summed E-state index contributed by atoms with van der Waals surface area (Å²) in [5, 5.41) is 4.13. The molecule has 1 aliphatic carbocycles. The van der Waals surface area contributed by atoms with Crippen LogP contribution in [0.3, 0.4) is 0 Å². The normalized spacial score (nSPS) is 25.7. The van der Waals surface area contributed by atoms with E-state index < -0.39 is 12.1 Å². The fourth-order valence-electron chi connectivity index (χ4n) is 2.99. The van der Waals surface area contributed by atoms with E-state index in [9.17, 15) is 13.2 Å². The number of aromatic nitrogens is 2. The molecule has 1 saturated carbocycles. The average molecular weight is 355 g/mol. The molecule has 0 radical (unpaired) electrons. The molecule has 8 heteroatoms. The number of alkyl halides is 3. The van der Waals surface area contributed by atoms with Crippen LogP contribution in [0.1, 0.15) is 37.4 Å². The van der Waals surface area contributed by atoms with Gasteiger partial charge in [0.2, 0.25) is 0 Å². The quantitative estimate of drug-likeness (QED) is 0.647. The Labute approximate surface area is 124 Å². The van der Waals surface area contributed by atoms with Gasteiger partial charge in [-0.15, -0.1) is 0 Å². The Hall–Kier alpha value is -0.600. The van der Waals surface area contributed by atoms with Gasteiger partial charge in [-0.25, -0.2) is 0 Å². The number of halogens is 4. The van der Waals surface area contributed by atoms with E-state index in [1.165, 1.54) is 0 Å². The summed E-state index contributed by atoms with van der Waals surface area (Å²) in [6, 6.07) is -0.189. The van der Waals surface area contributed by atoms with Crippen molar-refractivity contribution in [1.82, 2.24) is 15.2 Å². The molecule has 114 valence electrons. The molecule has 20 heavy (non-hydrogen) atoms. The van der Waals surface area contributed by atoms with Crippen molar-refractivity contribution < 1.29 is 13.2 Å². The number of hydrazine groups is 1. The van der Waals surface area contributed by atoms with Gasteiger partial charge in [0, 0.05) is 7.05 Å². The molecule has 2 rings (SSSR count). The molecular weight excluding hydrogens is 337 g/mol. The molecule has 0 amide bonds. The molecule has 0 aromatic carbocycles. The maximum absolute atomic E-state index is 12.7. The number of nitrogens with zero attached hydrogens (tertiary/aromatic N) is 2. The zero-order valence-corrected chi connectivity index (χ0v) is 12.7. The first-order valence-corrected chi connectivity index (χ1v) is 7.34. The SMILES string of the molecule is Cn1ncc(Br)c1C(NN)C1CCC(C(F)(F)F)CC1. The zero-order chi connectivity index (χ0) is 14.9. The molecule has 1 unspecified atom stereocenters. The van der Waals surface area contributed by atoms with Crippen LogP contribution in [0.4, 0.5) is 13.2 Å². The van der Waals surface area contributed by atoms with Crippen molar-refractivity contribution in [3.8, 4) is 0 Å². The smallest absolute Gasteiger partial charge is 0.271 e. The number of aryl methyl sites for hydroxylation is 1. The molecule has 1 aromatic heterocycles. The lowest BCUT2D eigenvalue weighted by Crippen LogP contribution is -2.38. The molecule has 3 N–H and O–H groups in total. The first kappa shape index (κ1) is 15.8. The van der Waals surface area contributed by atoms with Gasteiger partial charge >= 0.3 is 6.18 Å². The fraction of sp³-hybridized carbons (Fsp3) is 0.750. The molecule has 0 spiro atoms. The van der Waals surface area contributed by atoms with Gasteiger partial charge in [-0.2, -0.15) is 18.3 Å². The van der Waals surface area contributed by atoms with E-state index in [-0.39, 0.29) is 24.8 Å². The minimum absolute atomic E-state index is 0.0882. The minimum atomic E-state index is -4.08. The van der Waals surface area contributed by atoms with Gasteiger partial charge in [0.05, 0.1) is 28.3 Å². The molecule has 0 saturated heterocycles. The van der Waals surface area contributed by atoms with Crippen LogP contribution in [0.15, 0.2) is 10.7 Å². The molecule has 0 bridgehead atoms. The van der Waals surface area contributed by atoms with Gasteiger partial charge in [0.15, 0.2) is 0 Å². The van der Waals surface area contributed by atoms with Crippen LogP contribution in [0, 0.1) is 11.8 Å². The molecular formula is C12H18BrF3N4. The molecule has 1 fully saturated rings. The minimum Gasteiger partial charge on any atom is -0.271 e. The summed E-state index contributed by atoms with van der Waals surface area (Å²) in [4.78, 5) is 0. The highest BCUT2D eigenvalue weighted by Crippen LogP contribution is 2.43. The molecule has 1 aliphatic rings. The van der Waals surface area contributed by atoms with Gasteiger partial charge in [-0.05, 0) is 47.5 Å². The number of hydrogen-bond donors (Lipinski definition) is 2. The summed E-state index contributed by atoms with van der Waals surface area (Å²) in [6.45, 7) is 0. The van der Waals surface area contributed by atoms with Crippen molar-refractivity contribution in [2.45, 2.75) is 37.9 Å². The third-order valence-electron chi connectivity index (χ3n) is 4.12. The molecule has 1 heterocycles. The molecule has 4 nitrogen and oxygen atoms in total. The number of nitrogens with two attached hydrogens (primary N) is 1. The van der Waals surface area contributed by atoms with Crippen LogP contribution >= 0.6 is 15.9 Å². The van der Waals surface area contributed by atoms with Crippen LogP contribution in [0.5, 0.6) is 0 Å². The Morgan fingerprint density at radius 2 is 2.00 bits per heavy atom. The van der Waals surface area contributed by atoms with Crippen LogP contribution in [-0.2, 0) is 7.05 Å². The zero-order valence-electron chi connectivity index (χ0n) is 11.1. The van der Waals surface area contributed by atoms with E-state index in [1.807, 2.05) is 0 Å². The van der Waals surface area contributed by atoms with Crippen LogP contribution in [-0.4, -0.2) is 16.0 Å². The number of hydrogen-bond acceptors (Lipinski definition) is 3. The van der Waals surface area contributed by atoms with Crippen LogP contribution in [0.25, 0.3) is 0 Å². The number of rotatable bonds is 3. The lowest BCUT2D eigenvalue weighted by atomic mass is 9.77. The van der Waals surface area contributed by atoms with Gasteiger partial charge in [-0.1, -0.05) is 0 Å². The third-order valence-corrected chi connectivity index (χ3v) is 4.73. The van der Waals surface area contributed by atoms with Gasteiger partial charge in [0.25, 0.3) is 0 Å². The highest BCUT2D eigenvalue weighted by molar-refractivity contribution is 9.10. The van der Waals surface area contributed by atoms with E-state index in [2.05, 4.69) is 26.5 Å². The van der Waals surface area contributed by atoms with Crippen molar-refractivity contribution in [2.24, 2.45) is 24.7 Å². The fourth-order valence-corrected chi connectivity index (χ4v) is 3.58. The topological polar surface area (TPSA) is 55.9 Å². The van der Waals surface area contributed by atoms with E-state index in [0.29, 0.717) is 12.8 Å². The third kappa shape index (κ3) is 3.17. The van der Waals surface area contributed by atoms with Crippen LogP contribution < -0.4 is 11.3 Å². The van der Waals surface area contributed by atoms with E-state index >= 15 is 0 Å². The Balaban J connectivity index is 2.08. The van der Waals surface area contributed by atoms with Crippen molar-refractivity contribution in [3.63, 3.8) is 0 Å². The number of nitrogens with one attached hydrogen (secondary N) is 1. The first-order valence-electron chi connectivity index (χ1n) is 6.54. The highest BCUT2D eigenvalue weighted by atomic mass is 79.9. The Kier molecular flexibility index (Phi) is 4.76. The van der Waals surface area contributed by atoms with E-state index in [1.54, 1.807) is 17.9 Å². The second-order valence-electron chi connectivity index (χ2n) is 5.30. The largest absolute Gasteiger partial charge is 0.391 e. The van der Waals surface area contributed by atoms with Gasteiger partial charge in [-0.3, -0.25) is 16.0 Å². The van der Waals surface area contributed by atoms with Crippen molar-refractivity contribution >= 4 is 15.9 Å². The van der Waals surface area contributed by atoms with Crippen LogP contribution in [0.2, 0.25) is 0 Å². The van der Waals surface area contributed by atoms with Gasteiger partial charge in [0.1, 0.15) is 0 Å². The monoisotopic (exact) mass is 354 g/mol. The standard InChI is InChI=1S/C12H18BrF3N4/c1-20-11(9(13)6-18-20)10(19-17)7-2-4-8(5-3-7)12(14,15)16/h6-8,10,19H,2-5,17H2,1H3. The van der Waals surface area contributed by atoms with E-state index in [0.717, 1.165) is 10.2 Å². The maximum atomic E-state index is 12.7. The second kappa shape index (κ2) is 6.03. The lowest BCUT2D eigenvalue weighted by Gasteiger charge is -2.34. The summed E-state index contributed by atoms with van der Waals surface area (Å²) < 4.78 is 40.6. The highest BCUT2D eigenvalue weighted by Gasteiger charge is 2.43. The maximum Gasteiger partial charge on any atom is 0.391 e. The summed E-state index contributed by atoms with van der Waals surface area (Å²) in [6.07, 6.45) is -1.05. The second-order valence-corrected chi connectivity index (χ2v) is 6.15. The Morgan fingerprint density at radius 1 is 1.40 bits per heavy atom. The predicted octanol–water partition coefficient (Wildman–Crippen LogP) is 3.06. The first-order chi connectivity index (χ1) is 9.34.